The molecular formula is C19H22N4OS. The van der Waals surface area contributed by atoms with E-state index in [1.54, 1.807) is 0 Å². The Morgan fingerprint density at radius 3 is 2.72 bits per heavy atom. The number of carbonyl (C=O) groups is 1. The Morgan fingerprint density at radius 1 is 1.28 bits per heavy atom. The summed E-state index contributed by atoms with van der Waals surface area (Å²) in [7, 11) is 0. The molecule has 1 atom stereocenters. The lowest BCUT2D eigenvalue weighted by Gasteiger charge is -2.14. The van der Waals surface area contributed by atoms with Gasteiger partial charge >= 0.3 is 0 Å². The fourth-order valence-corrected chi connectivity index (χ4v) is 3.59. The zero-order chi connectivity index (χ0) is 17.8. The van der Waals surface area contributed by atoms with Gasteiger partial charge in [-0.05, 0) is 32.4 Å². The third-order valence-corrected chi connectivity index (χ3v) is 4.85. The second-order valence-electron chi connectivity index (χ2n) is 6.22. The Labute approximate surface area is 151 Å². The van der Waals surface area contributed by atoms with Gasteiger partial charge in [-0.2, -0.15) is 5.10 Å². The molecule has 0 aliphatic heterocycles. The average Bonchev–Trinajstić information content (AvgIpc) is 3.19. The first kappa shape index (κ1) is 17.4. The van der Waals surface area contributed by atoms with E-state index in [1.807, 2.05) is 55.1 Å². The third kappa shape index (κ3) is 4.33. The molecule has 1 amide bonds. The van der Waals surface area contributed by atoms with Crippen molar-refractivity contribution in [1.29, 1.82) is 0 Å². The van der Waals surface area contributed by atoms with Crippen LogP contribution in [0.5, 0.6) is 0 Å². The number of aromatic nitrogens is 3. The van der Waals surface area contributed by atoms with Crippen LogP contribution >= 0.6 is 11.3 Å². The molecule has 3 rings (SSSR count). The van der Waals surface area contributed by atoms with Gasteiger partial charge in [-0.25, -0.2) is 4.98 Å². The van der Waals surface area contributed by atoms with Crippen molar-refractivity contribution in [2.45, 2.75) is 33.2 Å². The summed E-state index contributed by atoms with van der Waals surface area (Å²) < 4.78 is 1.94. The smallest absolute Gasteiger partial charge is 0.270 e. The van der Waals surface area contributed by atoms with Crippen LogP contribution in [0.1, 0.15) is 45.4 Å². The molecule has 0 spiro atoms. The lowest BCUT2D eigenvalue weighted by molar-refractivity contribution is 0.0943. The van der Waals surface area contributed by atoms with Gasteiger partial charge in [-0.15, -0.1) is 11.3 Å². The number of nitrogens with one attached hydrogen (secondary N) is 1. The first-order valence-electron chi connectivity index (χ1n) is 8.32. The lowest BCUT2D eigenvalue weighted by atomic mass is 10.2. The van der Waals surface area contributed by atoms with E-state index in [9.17, 15) is 4.79 Å². The molecule has 5 nitrogen and oxygen atoms in total. The molecule has 2 heterocycles. The SMILES string of the molecule is Cc1cc(C)n([C@H](C)CNC(=O)c2csc(Cc3ccccc3)n2)n1. The molecule has 130 valence electrons. The Morgan fingerprint density at radius 2 is 2.04 bits per heavy atom. The number of rotatable bonds is 6. The van der Waals surface area contributed by atoms with Gasteiger partial charge in [0.05, 0.1) is 16.7 Å². The number of carbonyl (C=O) groups excluding carboxylic acids is 1. The summed E-state index contributed by atoms with van der Waals surface area (Å²) in [6, 6.07) is 12.3. The largest absolute Gasteiger partial charge is 0.349 e. The van der Waals surface area contributed by atoms with Crippen LogP contribution in [0.2, 0.25) is 0 Å². The zero-order valence-electron chi connectivity index (χ0n) is 14.7. The predicted octanol–water partition coefficient (Wildman–Crippen LogP) is 3.54. The van der Waals surface area contributed by atoms with Crippen LogP contribution in [0.3, 0.4) is 0 Å². The zero-order valence-corrected chi connectivity index (χ0v) is 15.5. The van der Waals surface area contributed by atoms with Gasteiger partial charge in [0.1, 0.15) is 5.69 Å². The van der Waals surface area contributed by atoms with E-state index in [1.165, 1.54) is 16.9 Å². The highest BCUT2D eigenvalue weighted by molar-refractivity contribution is 7.09. The number of benzene rings is 1. The van der Waals surface area contributed by atoms with Gasteiger partial charge in [0, 0.05) is 24.0 Å². The molecule has 6 heteroatoms. The van der Waals surface area contributed by atoms with Crippen LogP contribution in [0.4, 0.5) is 0 Å². The first-order valence-corrected chi connectivity index (χ1v) is 9.20. The maximum absolute atomic E-state index is 12.3. The third-order valence-electron chi connectivity index (χ3n) is 4.00. The predicted molar refractivity (Wildman–Crippen MR) is 100 cm³/mol. The van der Waals surface area contributed by atoms with Crippen molar-refractivity contribution < 1.29 is 4.79 Å². The molecule has 2 aromatic heterocycles. The molecule has 0 aliphatic rings. The van der Waals surface area contributed by atoms with Crippen molar-refractivity contribution in [1.82, 2.24) is 20.1 Å². The van der Waals surface area contributed by atoms with Crippen LogP contribution in [-0.4, -0.2) is 27.2 Å². The highest BCUT2D eigenvalue weighted by Crippen LogP contribution is 2.15. The fraction of sp³-hybridized carbons (Fsp3) is 0.316. The summed E-state index contributed by atoms with van der Waals surface area (Å²) in [5, 5.41) is 10.2. The number of hydrogen-bond acceptors (Lipinski definition) is 4. The van der Waals surface area contributed by atoms with Crippen LogP contribution in [0, 0.1) is 13.8 Å². The minimum atomic E-state index is -0.135. The molecule has 0 saturated heterocycles. The van der Waals surface area contributed by atoms with Gasteiger partial charge in [0.2, 0.25) is 0 Å². The summed E-state index contributed by atoms with van der Waals surface area (Å²) in [4.78, 5) is 16.8. The average molecular weight is 354 g/mol. The van der Waals surface area contributed by atoms with Crippen molar-refractivity contribution in [2.24, 2.45) is 0 Å². The Kier molecular flexibility index (Phi) is 5.28. The maximum atomic E-state index is 12.3. The molecule has 1 aromatic carbocycles. The Hall–Kier alpha value is -2.47. The van der Waals surface area contributed by atoms with Gasteiger partial charge in [-0.1, -0.05) is 30.3 Å². The van der Waals surface area contributed by atoms with E-state index < -0.39 is 0 Å². The molecule has 0 radical (unpaired) electrons. The fourth-order valence-electron chi connectivity index (χ4n) is 2.78. The molecule has 3 aromatic rings. The molecule has 25 heavy (non-hydrogen) atoms. The molecule has 1 N–H and O–H groups in total. The summed E-state index contributed by atoms with van der Waals surface area (Å²) in [6.45, 7) is 6.56. The van der Waals surface area contributed by atoms with Crippen LogP contribution in [0.15, 0.2) is 41.8 Å². The molecule has 0 fully saturated rings. The molecular weight excluding hydrogens is 332 g/mol. The van der Waals surface area contributed by atoms with Gasteiger partial charge < -0.3 is 5.32 Å². The molecule has 0 aliphatic carbocycles. The van der Waals surface area contributed by atoms with E-state index in [4.69, 9.17) is 0 Å². The van der Waals surface area contributed by atoms with Crippen LogP contribution in [-0.2, 0) is 6.42 Å². The number of thiazole rings is 1. The van der Waals surface area contributed by atoms with Crippen molar-refractivity contribution in [2.75, 3.05) is 6.54 Å². The Bertz CT molecular complexity index is 853. The summed E-state index contributed by atoms with van der Waals surface area (Å²) >= 11 is 1.52. The van der Waals surface area contributed by atoms with Gasteiger partial charge in [0.25, 0.3) is 5.91 Å². The van der Waals surface area contributed by atoms with Crippen molar-refractivity contribution in [3.8, 4) is 0 Å². The van der Waals surface area contributed by atoms with Crippen LogP contribution < -0.4 is 5.32 Å². The van der Waals surface area contributed by atoms with Gasteiger partial charge in [-0.3, -0.25) is 9.48 Å². The lowest BCUT2D eigenvalue weighted by Crippen LogP contribution is -2.30. The standard InChI is InChI=1S/C19H22N4OS/c1-13-9-14(2)23(22-13)15(3)11-20-19(24)17-12-25-18(21-17)10-16-7-5-4-6-8-16/h4-9,12,15H,10-11H2,1-3H3,(H,20,24)/t15-/m1/s1. The molecule has 0 saturated carbocycles. The van der Waals surface area contributed by atoms with E-state index in [0.717, 1.165) is 22.8 Å². The Balaban J connectivity index is 1.57. The first-order chi connectivity index (χ1) is 12.0. The molecule has 0 bridgehead atoms. The maximum Gasteiger partial charge on any atom is 0.270 e. The minimum Gasteiger partial charge on any atom is -0.349 e. The quantitative estimate of drug-likeness (QED) is 0.736. The van der Waals surface area contributed by atoms with E-state index in [2.05, 4.69) is 27.5 Å². The number of nitrogens with zero attached hydrogens (tertiary/aromatic N) is 3. The highest BCUT2D eigenvalue weighted by Gasteiger charge is 2.14. The van der Waals surface area contributed by atoms with Crippen molar-refractivity contribution in [3.05, 3.63) is 69.4 Å². The second kappa shape index (κ2) is 7.61. The van der Waals surface area contributed by atoms with Crippen molar-refractivity contribution in [3.63, 3.8) is 0 Å². The van der Waals surface area contributed by atoms with Gasteiger partial charge in [0.15, 0.2) is 0 Å². The minimum absolute atomic E-state index is 0.0973. The highest BCUT2D eigenvalue weighted by atomic mass is 32.1. The normalized spacial score (nSPS) is 12.1. The number of hydrogen-bond donors (Lipinski definition) is 1. The van der Waals surface area contributed by atoms with E-state index in [0.29, 0.717) is 12.2 Å². The summed E-state index contributed by atoms with van der Waals surface area (Å²) in [5.74, 6) is -0.135. The number of amides is 1. The topological polar surface area (TPSA) is 59.8 Å². The number of aryl methyl sites for hydroxylation is 2. The second-order valence-corrected chi connectivity index (χ2v) is 7.16. The monoisotopic (exact) mass is 354 g/mol. The molecule has 0 unspecified atom stereocenters. The summed E-state index contributed by atoms with van der Waals surface area (Å²) in [6.07, 6.45) is 0.751. The van der Waals surface area contributed by atoms with E-state index >= 15 is 0 Å². The van der Waals surface area contributed by atoms with Crippen molar-refractivity contribution >= 4 is 17.2 Å². The summed E-state index contributed by atoms with van der Waals surface area (Å²) in [5.41, 5.74) is 3.76. The van der Waals surface area contributed by atoms with E-state index in [-0.39, 0.29) is 11.9 Å². The van der Waals surface area contributed by atoms with Crippen LogP contribution in [0.25, 0.3) is 0 Å².